The smallest absolute Gasteiger partial charge is 0.305 e. The van der Waals surface area contributed by atoms with E-state index in [9.17, 15) is 19.2 Å². The number of carboxylic acid groups (broad SMARTS) is 4. The lowest BCUT2D eigenvalue weighted by Gasteiger charge is -2.09. The Morgan fingerprint density at radius 3 is 0.958 bits per heavy atom. The summed E-state index contributed by atoms with van der Waals surface area (Å²) in [6.07, 6.45) is 6.28. The quantitative estimate of drug-likeness (QED) is 0.216. The Kier molecular flexibility index (Phi) is 20.8. The molecule has 0 aliphatic carbocycles. The first-order valence-electron chi connectivity index (χ1n) is 15.8. The third kappa shape index (κ3) is 19.4. The van der Waals surface area contributed by atoms with Crippen molar-refractivity contribution >= 4 is 23.9 Å². The molecule has 0 spiro atoms. The Morgan fingerprint density at radius 2 is 0.729 bits per heavy atom. The van der Waals surface area contributed by atoms with Gasteiger partial charge in [-0.25, -0.2) is 13.1 Å². The molecule has 4 rings (SSSR count). The Morgan fingerprint density at radius 1 is 0.500 bits per heavy atom. The second-order valence-electron chi connectivity index (χ2n) is 11.6. The van der Waals surface area contributed by atoms with Gasteiger partial charge in [-0.1, -0.05) is 0 Å². The fourth-order valence-electron chi connectivity index (χ4n) is 5.48. The van der Waals surface area contributed by atoms with E-state index in [1.54, 1.807) is 0 Å². The van der Waals surface area contributed by atoms with Gasteiger partial charge in [0.2, 0.25) is 13.1 Å². The Bertz CT molecular complexity index is 1020. The molecule has 8 atom stereocenters. The van der Waals surface area contributed by atoms with Crippen molar-refractivity contribution in [2.75, 3.05) is 13.1 Å². The maximum absolute atomic E-state index is 10.3. The van der Waals surface area contributed by atoms with Crippen molar-refractivity contribution in [1.82, 2.24) is 0 Å². The van der Waals surface area contributed by atoms with Gasteiger partial charge in [0.15, 0.2) is 0 Å². The van der Waals surface area contributed by atoms with Gasteiger partial charge in [-0.3, -0.25) is 19.2 Å². The van der Waals surface area contributed by atoms with Crippen LogP contribution in [0, 0.1) is 35.8 Å². The molecular formula is C32H44N4O12. The first-order valence-corrected chi connectivity index (χ1v) is 15.8. The highest BCUT2D eigenvalue weighted by Crippen LogP contribution is 2.25. The predicted molar refractivity (Wildman–Crippen MR) is 164 cm³/mol. The average molecular weight is 677 g/mol. The highest BCUT2D eigenvalue weighted by Gasteiger charge is 2.30. The molecule has 4 saturated heterocycles. The zero-order valence-corrected chi connectivity index (χ0v) is 26.8. The first kappa shape index (κ1) is 41.7. The molecule has 0 aromatic heterocycles. The highest BCUT2D eigenvalue weighted by molar-refractivity contribution is 5.69. The van der Waals surface area contributed by atoms with Crippen LogP contribution in [0.5, 0.6) is 0 Å². The normalized spacial score (nSPS) is 28.2. The third-order valence-corrected chi connectivity index (χ3v) is 7.62. The van der Waals surface area contributed by atoms with Crippen LogP contribution in [0.25, 0.3) is 9.69 Å². The van der Waals surface area contributed by atoms with E-state index in [2.05, 4.69) is 21.8 Å². The summed E-state index contributed by atoms with van der Waals surface area (Å²) in [5.41, 5.74) is 0. The number of nitrogens with zero attached hydrogens (tertiary/aromatic N) is 4. The van der Waals surface area contributed by atoms with Crippen molar-refractivity contribution in [3.05, 3.63) is 22.8 Å². The number of aliphatic carboxylic acids is 4. The minimum atomic E-state index is -0.902. The number of hydrogen-bond donors (Lipinski definition) is 4. The molecule has 16 heteroatoms. The van der Waals surface area contributed by atoms with Crippen LogP contribution in [-0.4, -0.2) is 106 Å². The van der Waals surface area contributed by atoms with Crippen LogP contribution in [0.15, 0.2) is 0 Å². The Labute approximate surface area is 279 Å². The van der Waals surface area contributed by atoms with E-state index in [1.807, 2.05) is 0 Å². The number of hydrogen-bond acceptors (Lipinski definition) is 10. The van der Waals surface area contributed by atoms with E-state index in [0.717, 1.165) is 25.7 Å². The molecule has 48 heavy (non-hydrogen) atoms. The molecule has 0 unspecified atom stereocenters. The standard InChI is InChI=1S/2C8H10N2O.2C8H12O5/c2*1-10-6-8-3-2-7(11-8)4-5-9;2*9-7(10)3-5-1-2-6(13-5)4-8(11)12/h2*7-8H,2-4,6H2;2*5-6H,1-4H2,(H,9,10)(H,11,12)/t7-,8+;7-,8-;5-,6+;5-,6-/m10.0/s1. The number of rotatable bonds is 12. The summed E-state index contributed by atoms with van der Waals surface area (Å²) >= 11 is 0. The van der Waals surface area contributed by atoms with Crippen molar-refractivity contribution in [3.8, 4) is 12.1 Å². The van der Waals surface area contributed by atoms with Gasteiger partial charge in [-0.05, 0) is 51.4 Å². The predicted octanol–water partition coefficient (Wildman–Crippen LogP) is 3.70. The molecule has 4 N–H and O–H groups in total. The van der Waals surface area contributed by atoms with Crippen LogP contribution >= 0.6 is 0 Å². The molecule has 0 aromatic rings. The van der Waals surface area contributed by atoms with E-state index in [1.165, 1.54) is 0 Å². The van der Waals surface area contributed by atoms with Crippen molar-refractivity contribution in [2.24, 2.45) is 0 Å². The van der Waals surface area contributed by atoms with Crippen LogP contribution in [0.4, 0.5) is 0 Å². The summed E-state index contributed by atoms with van der Waals surface area (Å²) < 4.78 is 21.3. The molecule has 0 saturated carbocycles. The minimum Gasteiger partial charge on any atom is -0.481 e. The van der Waals surface area contributed by atoms with Gasteiger partial charge >= 0.3 is 23.9 Å². The average Bonchev–Trinajstić information content (AvgIpc) is 3.81. The summed E-state index contributed by atoms with van der Waals surface area (Å²) in [5.74, 6) is -3.61. The second-order valence-corrected chi connectivity index (χ2v) is 11.6. The number of carboxylic acids is 4. The maximum atomic E-state index is 10.3. The lowest BCUT2D eigenvalue weighted by molar-refractivity contribution is -0.143. The van der Waals surface area contributed by atoms with Gasteiger partial charge in [0.1, 0.15) is 12.2 Å². The number of carbonyl (C=O) groups is 4. The molecule has 0 bridgehead atoms. The topological polar surface area (TPSA) is 242 Å². The molecule has 4 aliphatic rings. The third-order valence-electron chi connectivity index (χ3n) is 7.62. The van der Waals surface area contributed by atoms with Gasteiger partial charge in [0, 0.05) is 0 Å². The highest BCUT2D eigenvalue weighted by atomic mass is 16.5. The lowest BCUT2D eigenvalue weighted by atomic mass is 10.1. The zero-order chi connectivity index (χ0) is 35.9. The molecule has 0 aromatic carbocycles. The maximum Gasteiger partial charge on any atom is 0.305 e. The van der Waals surface area contributed by atoms with E-state index >= 15 is 0 Å². The van der Waals surface area contributed by atoms with Gasteiger partial charge in [-0.15, -0.1) is 0 Å². The van der Waals surface area contributed by atoms with Crippen LogP contribution in [-0.2, 0) is 38.1 Å². The van der Waals surface area contributed by atoms with Crippen LogP contribution in [0.1, 0.15) is 89.9 Å². The molecule has 0 radical (unpaired) electrons. The summed E-state index contributed by atoms with van der Waals surface area (Å²) in [6.45, 7) is 14.1. The fourth-order valence-corrected chi connectivity index (χ4v) is 5.48. The van der Waals surface area contributed by atoms with Crippen molar-refractivity contribution < 1.29 is 58.6 Å². The summed E-state index contributed by atoms with van der Waals surface area (Å²) in [5, 5.41) is 50.5. The molecule has 4 heterocycles. The molecular weight excluding hydrogens is 632 g/mol. The van der Waals surface area contributed by atoms with Crippen LogP contribution in [0.2, 0.25) is 0 Å². The number of ether oxygens (including phenoxy) is 4. The van der Waals surface area contributed by atoms with Crippen molar-refractivity contribution in [1.29, 1.82) is 10.5 Å². The SMILES string of the molecule is O=C(O)C[C@@H]1CC[C@@H](CC(=O)O)O1.O=C(O)C[C@H]1CC[C@@H](CC(=O)O)O1.[C-]#[N+]C[C@@H]1CC[C@@H](CC#N)O1.[C-]#[N+]C[C@@H]1CC[C@H](CC#N)O1. The molecule has 16 nitrogen and oxygen atoms in total. The van der Waals surface area contributed by atoms with Gasteiger partial charge < -0.3 is 49.1 Å². The van der Waals surface area contributed by atoms with E-state index in [0.29, 0.717) is 51.6 Å². The summed E-state index contributed by atoms with van der Waals surface area (Å²) in [4.78, 5) is 47.7. The van der Waals surface area contributed by atoms with Crippen molar-refractivity contribution in [2.45, 2.75) is 139 Å². The van der Waals surface area contributed by atoms with Gasteiger partial charge in [0.05, 0.1) is 87.3 Å². The molecule has 4 aliphatic heterocycles. The molecule has 0 amide bonds. The number of nitriles is 2. The van der Waals surface area contributed by atoms with Crippen molar-refractivity contribution in [3.63, 3.8) is 0 Å². The monoisotopic (exact) mass is 676 g/mol. The molecule has 4 fully saturated rings. The lowest BCUT2D eigenvalue weighted by Crippen LogP contribution is -2.17. The van der Waals surface area contributed by atoms with Crippen LogP contribution < -0.4 is 0 Å². The Balaban J connectivity index is 0.000000321. The largest absolute Gasteiger partial charge is 0.481 e. The van der Waals surface area contributed by atoms with Crippen LogP contribution in [0.3, 0.4) is 0 Å². The fraction of sp³-hybridized carbons (Fsp3) is 0.750. The summed E-state index contributed by atoms with van der Waals surface area (Å²) in [7, 11) is 0. The second kappa shape index (κ2) is 23.9. The van der Waals surface area contributed by atoms with E-state index in [-0.39, 0.29) is 74.5 Å². The first-order chi connectivity index (χ1) is 22.9. The van der Waals surface area contributed by atoms with E-state index < -0.39 is 23.9 Å². The summed E-state index contributed by atoms with van der Waals surface area (Å²) in [6, 6.07) is 4.14. The van der Waals surface area contributed by atoms with Gasteiger partial charge in [-0.2, -0.15) is 10.5 Å². The minimum absolute atomic E-state index is 0.0316. The Hall–Kier alpha value is -4.32. The van der Waals surface area contributed by atoms with E-state index in [4.69, 9.17) is 63.0 Å². The van der Waals surface area contributed by atoms with Gasteiger partial charge in [0.25, 0.3) is 0 Å². The molecule has 264 valence electrons. The zero-order valence-electron chi connectivity index (χ0n) is 26.8.